The van der Waals surface area contributed by atoms with Crippen molar-refractivity contribution in [2.24, 2.45) is 0 Å². The summed E-state index contributed by atoms with van der Waals surface area (Å²) in [5.74, 6) is 0.934. The summed E-state index contributed by atoms with van der Waals surface area (Å²) in [7, 11) is 0. The summed E-state index contributed by atoms with van der Waals surface area (Å²) in [6.07, 6.45) is 0.888. The fourth-order valence-corrected chi connectivity index (χ4v) is 2.56. The summed E-state index contributed by atoms with van der Waals surface area (Å²) in [5.41, 5.74) is 2.10. The van der Waals surface area contributed by atoms with Crippen LogP contribution in [0.3, 0.4) is 0 Å². The molecule has 0 aliphatic rings. The van der Waals surface area contributed by atoms with Gasteiger partial charge in [0, 0.05) is 6.54 Å². The first-order chi connectivity index (χ1) is 13.3. The van der Waals surface area contributed by atoms with Gasteiger partial charge in [-0.15, -0.1) is 10.2 Å². The van der Waals surface area contributed by atoms with Gasteiger partial charge in [0.1, 0.15) is 11.6 Å². The predicted molar refractivity (Wildman–Crippen MR) is 106 cm³/mol. The van der Waals surface area contributed by atoms with Crippen LogP contribution in [0, 0.1) is 0 Å². The van der Waals surface area contributed by atoms with Crippen LogP contribution < -0.4 is 15.4 Å². The van der Waals surface area contributed by atoms with Crippen molar-refractivity contribution in [3.05, 3.63) is 78.0 Å². The standard InChI is InChI=1S/C21H22N4O2/c1-2-27-19-11-7-6-10-17(19)23-21(26)18-12-13-20(25-24-18)22-15-14-16-8-4-3-5-9-16/h3-13H,2,14-15H2,1H3,(H,22,25)(H,23,26). The van der Waals surface area contributed by atoms with Crippen molar-refractivity contribution in [1.29, 1.82) is 0 Å². The number of anilines is 2. The van der Waals surface area contributed by atoms with E-state index in [1.807, 2.05) is 43.3 Å². The highest BCUT2D eigenvalue weighted by molar-refractivity contribution is 6.03. The summed E-state index contributed by atoms with van der Waals surface area (Å²) in [6, 6.07) is 20.9. The van der Waals surface area contributed by atoms with E-state index in [-0.39, 0.29) is 11.6 Å². The van der Waals surface area contributed by atoms with Gasteiger partial charge in [-0.1, -0.05) is 42.5 Å². The molecule has 0 aliphatic carbocycles. The van der Waals surface area contributed by atoms with Crippen molar-refractivity contribution in [1.82, 2.24) is 10.2 Å². The Kier molecular flexibility index (Phi) is 6.35. The highest BCUT2D eigenvalue weighted by atomic mass is 16.5. The highest BCUT2D eigenvalue weighted by Gasteiger charge is 2.11. The van der Waals surface area contributed by atoms with E-state index in [1.165, 1.54) is 5.56 Å². The van der Waals surface area contributed by atoms with Crippen molar-refractivity contribution in [3.63, 3.8) is 0 Å². The van der Waals surface area contributed by atoms with Gasteiger partial charge in [0.05, 0.1) is 12.3 Å². The van der Waals surface area contributed by atoms with Gasteiger partial charge in [-0.05, 0) is 43.2 Å². The summed E-state index contributed by atoms with van der Waals surface area (Å²) in [4.78, 5) is 12.4. The van der Waals surface area contributed by atoms with Crippen molar-refractivity contribution >= 4 is 17.4 Å². The molecule has 3 rings (SSSR count). The number of hydrogen-bond donors (Lipinski definition) is 2. The van der Waals surface area contributed by atoms with E-state index in [9.17, 15) is 4.79 Å². The number of amides is 1. The topological polar surface area (TPSA) is 76.1 Å². The molecule has 138 valence electrons. The Morgan fingerprint density at radius 2 is 1.74 bits per heavy atom. The van der Waals surface area contributed by atoms with Crippen molar-refractivity contribution < 1.29 is 9.53 Å². The maximum absolute atomic E-state index is 12.4. The first kappa shape index (κ1) is 18.4. The largest absolute Gasteiger partial charge is 0.492 e. The van der Waals surface area contributed by atoms with E-state index in [1.54, 1.807) is 18.2 Å². The molecule has 2 aromatic carbocycles. The Morgan fingerprint density at radius 3 is 2.48 bits per heavy atom. The third-order valence-corrected chi connectivity index (χ3v) is 3.89. The molecule has 0 aliphatic heterocycles. The number of carbonyl (C=O) groups excluding carboxylic acids is 1. The molecular weight excluding hydrogens is 340 g/mol. The van der Waals surface area contributed by atoms with Crippen LogP contribution in [-0.2, 0) is 6.42 Å². The van der Waals surface area contributed by atoms with Crippen molar-refractivity contribution in [2.75, 3.05) is 23.8 Å². The van der Waals surface area contributed by atoms with Crippen molar-refractivity contribution in [3.8, 4) is 5.75 Å². The Bertz CT molecular complexity index is 867. The zero-order valence-electron chi connectivity index (χ0n) is 15.2. The number of rotatable bonds is 8. The minimum Gasteiger partial charge on any atom is -0.492 e. The number of aromatic nitrogens is 2. The molecule has 0 fully saturated rings. The monoisotopic (exact) mass is 362 g/mol. The average Bonchev–Trinajstić information content (AvgIpc) is 2.71. The number of ether oxygens (including phenoxy) is 1. The quantitative estimate of drug-likeness (QED) is 0.638. The third kappa shape index (κ3) is 5.28. The third-order valence-electron chi connectivity index (χ3n) is 3.89. The van der Waals surface area contributed by atoms with Crippen LogP contribution in [-0.4, -0.2) is 29.3 Å². The number of carbonyl (C=O) groups is 1. The fraction of sp³-hybridized carbons (Fsp3) is 0.190. The number of nitrogens with one attached hydrogen (secondary N) is 2. The normalized spacial score (nSPS) is 10.3. The number of benzene rings is 2. The lowest BCUT2D eigenvalue weighted by Crippen LogP contribution is -2.16. The van der Waals surface area contributed by atoms with Gasteiger partial charge >= 0.3 is 0 Å². The van der Waals surface area contributed by atoms with Gasteiger partial charge < -0.3 is 15.4 Å². The van der Waals surface area contributed by atoms with E-state index < -0.39 is 0 Å². The first-order valence-corrected chi connectivity index (χ1v) is 8.91. The molecule has 2 N–H and O–H groups in total. The van der Waals surface area contributed by atoms with Crippen LogP contribution in [0.1, 0.15) is 23.0 Å². The zero-order valence-corrected chi connectivity index (χ0v) is 15.2. The first-order valence-electron chi connectivity index (χ1n) is 8.91. The minimum absolute atomic E-state index is 0.245. The molecule has 1 heterocycles. The lowest BCUT2D eigenvalue weighted by Gasteiger charge is -2.11. The van der Waals surface area contributed by atoms with E-state index >= 15 is 0 Å². The molecule has 0 bridgehead atoms. The van der Waals surface area contributed by atoms with Gasteiger partial charge in [-0.25, -0.2) is 0 Å². The van der Waals surface area contributed by atoms with E-state index in [2.05, 4.69) is 33.0 Å². The molecule has 0 atom stereocenters. The molecule has 0 radical (unpaired) electrons. The van der Waals surface area contributed by atoms with Crippen LogP contribution in [0.5, 0.6) is 5.75 Å². The van der Waals surface area contributed by atoms with Crippen LogP contribution in [0.25, 0.3) is 0 Å². The van der Waals surface area contributed by atoms with Gasteiger partial charge in [-0.2, -0.15) is 0 Å². The maximum atomic E-state index is 12.4. The van der Waals surface area contributed by atoms with E-state index in [0.717, 1.165) is 13.0 Å². The van der Waals surface area contributed by atoms with E-state index in [4.69, 9.17) is 4.74 Å². The van der Waals surface area contributed by atoms with Crippen LogP contribution in [0.2, 0.25) is 0 Å². The Labute approximate surface area is 158 Å². The van der Waals surface area contributed by atoms with Gasteiger partial charge in [-0.3, -0.25) is 4.79 Å². The van der Waals surface area contributed by atoms with Crippen LogP contribution in [0.15, 0.2) is 66.7 Å². The molecule has 0 saturated heterocycles. The molecular formula is C21H22N4O2. The second kappa shape index (κ2) is 9.33. The lowest BCUT2D eigenvalue weighted by atomic mass is 10.1. The summed E-state index contributed by atoms with van der Waals surface area (Å²) < 4.78 is 5.51. The molecule has 0 unspecified atom stereocenters. The van der Waals surface area contributed by atoms with Crippen molar-refractivity contribution in [2.45, 2.75) is 13.3 Å². The van der Waals surface area contributed by atoms with Crippen LogP contribution >= 0.6 is 0 Å². The van der Waals surface area contributed by atoms with Gasteiger partial charge in [0.2, 0.25) is 0 Å². The molecule has 1 amide bonds. The van der Waals surface area contributed by atoms with Gasteiger partial charge in [0.15, 0.2) is 5.69 Å². The highest BCUT2D eigenvalue weighted by Crippen LogP contribution is 2.24. The van der Waals surface area contributed by atoms with Crippen LogP contribution in [0.4, 0.5) is 11.5 Å². The summed E-state index contributed by atoms with van der Waals surface area (Å²) in [5, 5.41) is 14.1. The molecule has 0 saturated carbocycles. The van der Waals surface area contributed by atoms with Gasteiger partial charge in [0.25, 0.3) is 5.91 Å². The Balaban J connectivity index is 1.56. The number of nitrogens with zero attached hydrogens (tertiary/aromatic N) is 2. The summed E-state index contributed by atoms with van der Waals surface area (Å²) in [6.45, 7) is 3.16. The molecule has 27 heavy (non-hydrogen) atoms. The Hall–Kier alpha value is -3.41. The second-order valence-corrected chi connectivity index (χ2v) is 5.85. The zero-order chi connectivity index (χ0) is 18.9. The molecule has 0 spiro atoms. The molecule has 6 nitrogen and oxygen atoms in total. The molecule has 6 heteroatoms. The smallest absolute Gasteiger partial charge is 0.276 e. The molecule has 3 aromatic rings. The maximum Gasteiger partial charge on any atom is 0.276 e. The predicted octanol–water partition coefficient (Wildman–Crippen LogP) is 3.78. The Morgan fingerprint density at radius 1 is 0.963 bits per heavy atom. The minimum atomic E-state index is -0.328. The molecule has 1 aromatic heterocycles. The SMILES string of the molecule is CCOc1ccccc1NC(=O)c1ccc(NCCc2ccccc2)nn1. The number of hydrogen-bond acceptors (Lipinski definition) is 5. The number of para-hydroxylation sites is 2. The second-order valence-electron chi connectivity index (χ2n) is 5.85. The fourth-order valence-electron chi connectivity index (χ4n) is 2.56. The lowest BCUT2D eigenvalue weighted by molar-refractivity contribution is 0.102. The average molecular weight is 362 g/mol. The summed E-state index contributed by atoms with van der Waals surface area (Å²) >= 11 is 0. The van der Waals surface area contributed by atoms with E-state index in [0.29, 0.717) is 23.9 Å².